The summed E-state index contributed by atoms with van der Waals surface area (Å²) in [5.41, 5.74) is 0. The van der Waals surface area contributed by atoms with Gasteiger partial charge in [-0.2, -0.15) is 0 Å². The van der Waals surface area contributed by atoms with E-state index in [2.05, 4.69) is 6.92 Å². The summed E-state index contributed by atoms with van der Waals surface area (Å²) in [5.74, 6) is 0.827. The summed E-state index contributed by atoms with van der Waals surface area (Å²) < 4.78 is 17.7. The van der Waals surface area contributed by atoms with Gasteiger partial charge in [0.25, 0.3) is 7.82 Å². The lowest BCUT2D eigenvalue weighted by atomic mass is 10.6. The van der Waals surface area contributed by atoms with E-state index in [9.17, 15) is 0 Å². The Balaban J connectivity index is 3.20. The SMILES string of the molecule is CCCS1(OC)(OC)(OC)[Si]SSSS1. The highest BCUT2D eigenvalue weighted by molar-refractivity contribution is 9.54. The van der Waals surface area contributed by atoms with Gasteiger partial charge < -0.3 is 12.5 Å². The Morgan fingerprint density at radius 1 is 1.07 bits per heavy atom. The zero-order valence-electron chi connectivity index (χ0n) is 9.18. The zero-order chi connectivity index (χ0) is 11.5. The van der Waals surface area contributed by atoms with Gasteiger partial charge in [0, 0.05) is 25.4 Å². The molecule has 1 aliphatic rings. The fourth-order valence-electron chi connectivity index (χ4n) is 1.35. The van der Waals surface area contributed by atoms with Crippen molar-refractivity contribution in [3.63, 3.8) is 0 Å². The first-order valence-electron chi connectivity index (χ1n) is 4.30. The Labute approximate surface area is 107 Å². The third kappa shape index (κ3) is 2.24. The van der Waals surface area contributed by atoms with Crippen LogP contribution in [0.2, 0.25) is 0 Å². The molecule has 0 aromatic carbocycles. The highest BCUT2D eigenvalue weighted by Crippen LogP contribution is 3.03. The summed E-state index contributed by atoms with van der Waals surface area (Å²) in [6, 6.07) is 0. The summed E-state index contributed by atoms with van der Waals surface area (Å²) >= 11 is 0. The second kappa shape index (κ2) is 4.85. The van der Waals surface area contributed by atoms with Crippen molar-refractivity contribution in [2.24, 2.45) is 0 Å². The van der Waals surface area contributed by atoms with Crippen molar-refractivity contribution >= 4 is 55.2 Å². The maximum atomic E-state index is 5.89. The van der Waals surface area contributed by atoms with Crippen LogP contribution >= 0.6 is 47.3 Å². The first-order valence-corrected chi connectivity index (χ1v) is 14.5. The molecule has 1 saturated heterocycles. The first kappa shape index (κ1) is 14.9. The largest absolute Gasteiger partial charge is 0.312 e. The van der Waals surface area contributed by atoms with Gasteiger partial charge in [-0.3, -0.25) is 0 Å². The van der Waals surface area contributed by atoms with E-state index in [1.807, 2.05) is 0 Å². The molecule has 0 aromatic rings. The molecule has 9 heteroatoms. The predicted molar refractivity (Wildman–Crippen MR) is 79.9 cm³/mol. The molecular weight excluding hydrogens is 308 g/mol. The topological polar surface area (TPSA) is 27.7 Å². The lowest BCUT2D eigenvalue weighted by Gasteiger charge is -2.74. The summed E-state index contributed by atoms with van der Waals surface area (Å²) in [5, 5.41) is 0. The van der Waals surface area contributed by atoms with E-state index in [0.717, 1.165) is 12.2 Å². The van der Waals surface area contributed by atoms with Crippen LogP contribution in [0.25, 0.3) is 0 Å². The van der Waals surface area contributed by atoms with Gasteiger partial charge in [0.05, 0.1) is 21.3 Å². The Morgan fingerprint density at radius 3 is 2.00 bits per heavy atom. The molecule has 0 aromatic heterocycles. The van der Waals surface area contributed by atoms with E-state index in [-0.39, 0.29) is 0 Å². The minimum absolute atomic E-state index is 0.484. The first-order chi connectivity index (χ1) is 7.06. The highest BCUT2D eigenvalue weighted by Gasteiger charge is 2.64. The maximum absolute atomic E-state index is 5.89. The van der Waals surface area contributed by atoms with Crippen LogP contribution in [0, 0.1) is 0 Å². The van der Waals surface area contributed by atoms with E-state index >= 15 is 0 Å². The van der Waals surface area contributed by atoms with Gasteiger partial charge in [0.15, 0.2) is 0 Å². The molecule has 3 nitrogen and oxygen atoms in total. The second-order valence-corrected chi connectivity index (χ2v) is 23.0. The molecule has 0 saturated carbocycles. The molecule has 92 valence electrons. The van der Waals surface area contributed by atoms with Crippen molar-refractivity contribution in [2.75, 3.05) is 27.1 Å². The summed E-state index contributed by atoms with van der Waals surface area (Å²) in [6.07, 6.45) is 0.989. The van der Waals surface area contributed by atoms with Crippen molar-refractivity contribution in [3.05, 3.63) is 0 Å². The van der Waals surface area contributed by atoms with E-state index in [1.165, 1.54) is 0 Å². The molecule has 1 fully saturated rings. The van der Waals surface area contributed by atoms with Gasteiger partial charge in [-0.05, 0) is 23.9 Å². The van der Waals surface area contributed by atoms with Crippen molar-refractivity contribution in [3.8, 4) is 0 Å². The third-order valence-electron chi connectivity index (χ3n) is 2.34. The minimum atomic E-state index is -3.27. The fraction of sp³-hybridized carbons (Fsp3) is 1.00. The van der Waals surface area contributed by atoms with Crippen molar-refractivity contribution in [2.45, 2.75) is 13.3 Å². The van der Waals surface area contributed by atoms with E-state index in [0.29, 0.717) is 7.82 Å². The smallest absolute Gasteiger partial charge is 0.278 e. The molecule has 0 atom stereocenters. The molecule has 2 radical (unpaired) electrons. The molecule has 0 unspecified atom stereocenters. The third-order valence-corrected chi connectivity index (χ3v) is 32.8. The van der Waals surface area contributed by atoms with Gasteiger partial charge in [-0.25, -0.2) is 0 Å². The average molecular weight is 325 g/mol. The van der Waals surface area contributed by atoms with Gasteiger partial charge in [0.2, 0.25) is 0 Å². The lowest BCUT2D eigenvalue weighted by Crippen LogP contribution is -2.44. The Hall–Kier alpha value is 1.85. The minimum Gasteiger partial charge on any atom is -0.312 e. The molecular formula is C6H16O3S5Si. The highest BCUT2D eigenvalue weighted by atomic mass is 33.9. The quantitative estimate of drug-likeness (QED) is 0.555. The Bertz CT molecular complexity index is 212. The number of hydrogen-bond acceptors (Lipinski definition) is 7. The molecule has 1 heterocycles. The van der Waals surface area contributed by atoms with Crippen LogP contribution in [0.1, 0.15) is 13.3 Å². The summed E-state index contributed by atoms with van der Waals surface area (Å²) in [4.78, 5) is 0. The van der Waals surface area contributed by atoms with Gasteiger partial charge in [0.1, 0.15) is 0 Å². The van der Waals surface area contributed by atoms with Crippen molar-refractivity contribution < 1.29 is 12.5 Å². The van der Waals surface area contributed by atoms with Crippen LogP contribution in [0.4, 0.5) is 0 Å². The van der Waals surface area contributed by atoms with Crippen LogP contribution in [-0.2, 0) is 12.5 Å². The molecule has 0 bridgehead atoms. The molecule has 1 rings (SSSR count). The van der Waals surface area contributed by atoms with E-state index in [4.69, 9.17) is 12.5 Å². The van der Waals surface area contributed by atoms with Crippen LogP contribution in [-0.4, -0.2) is 34.9 Å². The summed E-state index contributed by atoms with van der Waals surface area (Å²) in [7, 11) is 9.23. The van der Waals surface area contributed by atoms with Crippen LogP contribution in [0.5, 0.6) is 0 Å². The van der Waals surface area contributed by atoms with Gasteiger partial charge in [-0.15, -0.1) is 0 Å². The molecule has 1 aliphatic heterocycles. The average Bonchev–Trinajstić information content (AvgIpc) is 2.32. The molecule has 15 heavy (non-hydrogen) atoms. The molecule has 0 N–H and O–H groups in total. The number of rotatable bonds is 5. The lowest BCUT2D eigenvalue weighted by molar-refractivity contribution is 0.231. The molecule has 0 spiro atoms. The van der Waals surface area contributed by atoms with Crippen LogP contribution in [0.15, 0.2) is 0 Å². The normalized spacial score (nSPS) is 32.0. The van der Waals surface area contributed by atoms with Gasteiger partial charge >= 0.3 is 0 Å². The summed E-state index contributed by atoms with van der Waals surface area (Å²) in [6.45, 7) is 2.13. The number of hydrogen-bond donors (Lipinski definition) is 0. The van der Waals surface area contributed by atoms with E-state index < -0.39 is 7.62 Å². The zero-order valence-corrected chi connectivity index (χ0v) is 14.3. The standard InChI is InChI=1S/C6H16O3S5Si/c1-5-6-14(7-2,8-3,9-4)12-10-11-13-15-14/h5-6H2,1-4H3. The van der Waals surface area contributed by atoms with Crippen LogP contribution < -0.4 is 0 Å². The van der Waals surface area contributed by atoms with Crippen molar-refractivity contribution in [1.29, 1.82) is 0 Å². The predicted octanol–water partition coefficient (Wildman–Crippen LogP) is 4.10. The Kier molecular flexibility index (Phi) is 4.82. The molecule has 0 aliphatic carbocycles. The van der Waals surface area contributed by atoms with Gasteiger partial charge in [-0.1, -0.05) is 17.2 Å². The maximum Gasteiger partial charge on any atom is 0.278 e. The van der Waals surface area contributed by atoms with Crippen LogP contribution in [0.3, 0.4) is 0 Å². The Morgan fingerprint density at radius 2 is 1.67 bits per heavy atom. The monoisotopic (exact) mass is 324 g/mol. The van der Waals surface area contributed by atoms with E-state index in [1.54, 1.807) is 61.1 Å². The fourth-order valence-corrected chi connectivity index (χ4v) is 40.1. The van der Waals surface area contributed by atoms with Crippen molar-refractivity contribution in [1.82, 2.24) is 0 Å². The second-order valence-electron chi connectivity index (χ2n) is 2.93. The molecule has 0 amide bonds.